The topological polar surface area (TPSA) is 15.3 Å². The van der Waals surface area contributed by atoms with Crippen LogP contribution in [0.5, 0.6) is 0 Å². The average Bonchev–Trinajstić information content (AvgIpc) is 2.66. The molecule has 2 heteroatoms. The fourth-order valence-corrected chi connectivity index (χ4v) is 2.35. The van der Waals surface area contributed by atoms with Crippen molar-refractivity contribution in [3.63, 3.8) is 0 Å². The third kappa shape index (κ3) is 4.84. The van der Waals surface area contributed by atoms with Crippen LogP contribution in [0, 0.1) is 17.8 Å². The van der Waals surface area contributed by atoms with Crippen molar-refractivity contribution in [1.29, 1.82) is 0 Å². The zero-order valence-corrected chi connectivity index (χ0v) is 11.6. The van der Waals surface area contributed by atoms with Crippen molar-refractivity contribution < 1.29 is 0 Å². The van der Waals surface area contributed by atoms with Gasteiger partial charge in [-0.3, -0.25) is 0 Å². The molecule has 1 aliphatic heterocycles. The lowest BCUT2D eigenvalue weighted by Gasteiger charge is -2.23. The Kier molecular flexibility index (Phi) is 6.37. The second-order valence-corrected chi connectivity index (χ2v) is 5.84. The quantitative estimate of drug-likeness (QED) is 0.671. The Labute approximate surface area is 102 Å². The monoisotopic (exact) mass is 226 g/mol. The number of hydrogen-bond donors (Lipinski definition) is 1. The predicted molar refractivity (Wildman–Crippen MR) is 71.7 cm³/mol. The van der Waals surface area contributed by atoms with E-state index in [1.54, 1.807) is 0 Å². The van der Waals surface area contributed by atoms with Crippen LogP contribution in [0.25, 0.3) is 0 Å². The fourth-order valence-electron chi connectivity index (χ4n) is 2.35. The highest BCUT2D eigenvalue weighted by atomic mass is 15.1. The van der Waals surface area contributed by atoms with Gasteiger partial charge in [0, 0.05) is 13.1 Å². The van der Waals surface area contributed by atoms with E-state index in [1.807, 2.05) is 0 Å². The van der Waals surface area contributed by atoms with Gasteiger partial charge in [-0.1, -0.05) is 27.7 Å². The van der Waals surface area contributed by atoms with Gasteiger partial charge in [-0.25, -0.2) is 0 Å². The zero-order valence-electron chi connectivity index (χ0n) is 11.6. The van der Waals surface area contributed by atoms with E-state index in [1.165, 1.54) is 45.6 Å². The van der Waals surface area contributed by atoms with Crippen LogP contribution in [0.15, 0.2) is 0 Å². The molecule has 2 nitrogen and oxygen atoms in total. The third-order valence-electron chi connectivity index (χ3n) is 3.91. The number of nitrogens with zero attached hydrogens (tertiary/aromatic N) is 1. The molecule has 1 heterocycles. The molecule has 0 aromatic carbocycles. The molecule has 16 heavy (non-hydrogen) atoms. The summed E-state index contributed by atoms with van der Waals surface area (Å²) in [5.41, 5.74) is 0. The molecule has 2 unspecified atom stereocenters. The summed E-state index contributed by atoms with van der Waals surface area (Å²) in [5, 5.41) is 3.55. The molecular formula is C14H30N2. The highest BCUT2D eigenvalue weighted by Gasteiger charge is 2.23. The van der Waals surface area contributed by atoms with Crippen LogP contribution in [-0.4, -0.2) is 37.6 Å². The molecule has 1 N–H and O–H groups in total. The molecular weight excluding hydrogens is 196 g/mol. The van der Waals surface area contributed by atoms with Crippen molar-refractivity contribution in [2.24, 2.45) is 17.8 Å². The molecule has 1 rings (SSSR count). The van der Waals surface area contributed by atoms with Crippen LogP contribution in [-0.2, 0) is 0 Å². The maximum atomic E-state index is 3.55. The van der Waals surface area contributed by atoms with Crippen molar-refractivity contribution in [2.75, 3.05) is 32.7 Å². The van der Waals surface area contributed by atoms with Gasteiger partial charge < -0.3 is 10.2 Å². The Bertz CT molecular complexity index is 180. The molecule has 96 valence electrons. The van der Waals surface area contributed by atoms with Gasteiger partial charge in [-0.05, 0) is 50.2 Å². The van der Waals surface area contributed by atoms with E-state index in [0.29, 0.717) is 0 Å². The Balaban J connectivity index is 2.14. The van der Waals surface area contributed by atoms with Crippen LogP contribution >= 0.6 is 0 Å². The van der Waals surface area contributed by atoms with E-state index in [-0.39, 0.29) is 0 Å². The first kappa shape index (κ1) is 14.0. The maximum Gasteiger partial charge on any atom is 0.00224 e. The molecule has 0 amide bonds. The fraction of sp³-hybridized carbons (Fsp3) is 1.00. The molecule has 2 atom stereocenters. The standard InChI is InChI=1S/C14H30N2/c1-5-7-15-9-14-6-8-16(11-14)10-13(4)12(2)3/h12-15H,5-11H2,1-4H3. The van der Waals surface area contributed by atoms with Crippen molar-refractivity contribution in [3.8, 4) is 0 Å². The van der Waals surface area contributed by atoms with E-state index < -0.39 is 0 Å². The number of rotatable bonds is 7. The molecule has 0 aromatic rings. The predicted octanol–water partition coefficient (Wildman–Crippen LogP) is 2.60. The van der Waals surface area contributed by atoms with Gasteiger partial charge in [-0.15, -0.1) is 0 Å². The first-order valence-corrected chi connectivity index (χ1v) is 7.06. The summed E-state index contributed by atoms with van der Waals surface area (Å²) in [7, 11) is 0. The van der Waals surface area contributed by atoms with Crippen molar-refractivity contribution in [3.05, 3.63) is 0 Å². The number of hydrogen-bond acceptors (Lipinski definition) is 2. The highest BCUT2D eigenvalue weighted by molar-refractivity contribution is 4.78. The second-order valence-electron chi connectivity index (χ2n) is 5.84. The first-order valence-electron chi connectivity index (χ1n) is 7.06. The van der Waals surface area contributed by atoms with Gasteiger partial charge in [0.25, 0.3) is 0 Å². The highest BCUT2D eigenvalue weighted by Crippen LogP contribution is 2.19. The average molecular weight is 226 g/mol. The summed E-state index contributed by atoms with van der Waals surface area (Å²) in [6, 6.07) is 0. The molecule has 1 aliphatic rings. The van der Waals surface area contributed by atoms with E-state index in [4.69, 9.17) is 0 Å². The molecule has 0 saturated carbocycles. The van der Waals surface area contributed by atoms with Gasteiger partial charge in [0.15, 0.2) is 0 Å². The van der Waals surface area contributed by atoms with Crippen LogP contribution < -0.4 is 5.32 Å². The summed E-state index contributed by atoms with van der Waals surface area (Å²) < 4.78 is 0. The molecule has 0 spiro atoms. The van der Waals surface area contributed by atoms with Crippen LogP contribution in [0.3, 0.4) is 0 Å². The van der Waals surface area contributed by atoms with Gasteiger partial charge in [0.1, 0.15) is 0 Å². The van der Waals surface area contributed by atoms with Crippen LogP contribution in [0.4, 0.5) is 0 Å². The van der Waals surface area contributed by atoms with Gasteiger partial charge in [-0.2, -0.15) is 0 Å². The third-order valence-corrected chi connectivity index (χ3v) is 3.91. The van der Waals surface area contributed by atoms with Gasteiger partial charge in [0.05, 0.1) is 0 Å². The lowest BCUT2D eigenvalue weighted by Crippen LogP contribution is -2.30. The number of likely N-dealkylation sites (tertiary alicyclic amines) is 1. The minimum atomic E-state index is 0.817. The lowest BCUT2D eigenvalue weighted by molar-refractivity contribution is 0.242. The van der Waals surface area contributed by atoms with Crippen molar-refractivity contribution in [1.82, 2.24) is 10.2 Å². The van der Waals surface area contributed by atoms with Gasteiger partial charge in [0.2, 0.25) is 0 Å². The zero-order chi connectivity index (χ0) is 12.0. The summed E-state index contributed by atoms with van der Waals surface area (Å²) in [6.45, 7) is 15.6. The van der Waals surface area contributed by atoms with Crippen molar-refractivity contribution in [2.45, 2.75) is 40.5 Å². The van der Waals surface area contributed by atoms with E-state index in [2.05, 4.69) is 37.9 Å². The Hall–Kier alpha value is -0.0800. The van der Waals surface area contributed by atoms with Crippen molar-refractivity contribution >= 4 is 0 Å². The molecule has 0 aliphatic carbocycles. The Morgan fingerprint density at radius 3 is 2.69 bits per heavy atom. The largest absolute Gasteiger partial charge is 0.316 e. The van der Waals surface area contributed by atoms with Gasteiger partial charge >= 0.3 is 0 Å². The Morgan fingerprint density at radius 1 is 1.31 bits per heavy atom. The molecule has 0 bridgehead atoms. The lowest BCUT2D eigenvalue weighted by atomic mass is 9.98. The van der Waals surface area contributed by atoms with E-state index >= 15 is 0 Å². The minimum absolute atomic E-state index is 0.817. The van der Waals surface area contributed by atoms with Crippen LogP contribution in [0.1, 0.15) is 40.5 Å². The molecule has 0 radical (unpaired) electrons. The van der Waals surface area contributed by atoms with Crippen LogP contribution in [0.2, 0.25) is 0 Å². The SMILES string of the molecule is CCCNCC1CCN(CC(C)C(C)C)C1. The second kappa shape index (κ2) is 7.29. The van der Waals surface area contributed by atoms with E-state index in [0.717, 1.165) is 17.8 Å². The summed E-state index contributed by atoms with van der Waals surface area (Å²) >= 11 is 0. The normalized spacial score (nSPS) is 24.2. The number of nitrogens with one attached hydrogen (secondary N) is 1. The smallest absolute Gasteiger partial charge is 0.00224 e. The molecule has 0 aromatic heterocycles. The first-order chi connectivity index (χ1) is 7.63. The summed E-state index contributed by atoms with van der Waals surface area (Å²) in [6.07, 6.45) is 2.64. The summed E-state index contributed by atoms with van der Waals surface area (Å²) in [4.78, 5) is 2.66. The molecule has 1 fully saturated rings. The van der Waals surface area contributed by atoms with E-state index in [9.17, 15) is 0 Å². The maximum absolute atomic E-state index is 3.55. The summed E-state index contributed by atoms with van der Waals surface area (Å²) in [5.74, 6) is 2.55. The minimum Gasteiger partial charge on any atom is -0.316 e. The Morgan fingerprint density at radius 2 is 2.06 bits per heavy atom. The molecule has 1 saturated heterocycles.